The number of nitrogens with zero attached hydrogens (tertiary/aromatic N) is 3. The highest BCUT2D eigenvalue weighted by molar-refractivity contribution is 6.32. The number of carbonyl (C=O) groups is 1. The normalized spacial score (nSPS) is 14.1. The molecule has 0 spiro atoms. The second-order valence-corrected chi connectivity index (χ2v) is 7.72. The van der Waals surface area contributed by atoms with E-state index in [9.17, 15) is 4.79 Å². The second kappa shape index (κ2) is 8.83. The zero-order chi connectivity index (χ0) is 21.1. The molecule has 0 radical (unpaired) electrons. The molecule has 0 N–H and O–H groups in total. The van der Waals surface area contributed by atoms with E-state index in [0.717, 1.165) is 29.7 Å². The molecule has 1 aliphatic rings. The van der Waals surface area contributed by atoms with E-state index in [1.54, 1.807) is 19.2 Å². The molecule has 0 amide bonds. The largest absolute Gasteiger partial charge is 0.484 e. The van der Waals surface area contributed by atoms with Gasteiger partial charge in [-0.1, -0.05) is 29.6 Å². The lowest BCUT2D eigenvalue weighted by atomic mass is 10.0. The van der Waals surface area contributed by atoms with Crippen LogP contribution >= 0.6 is 11.6 Å². The first-order valence-electron chi connectivity index (χ1n) is 9.86. The molecule has 1 aromatic carbocycles. The van der Waals surface area contributed by atoms with E-state index in [4.69, 9.17) is 25.6 Å². The van der Waals surface area contributed by atoms with Gasteiger partial charge in [0.05, 0.1) is 12.1 Å². The van der Waals surface area contributed by atoms with E-state index in [2.05, 4.69) is 15.1 Å². The van der Waals surface area contributed by atoms with Crippen molar-refractivity contribution in [1.29, 1.82) is 0 Å². The molecule has 1 fully saturated rings. The molecule has 30 heavy (non-hydrogen) atoms. The zero-order valence-electron chi connectivity index (χ0n) is 16.9. The van der Waals surface area contributed by atoms with Gasteiger partial charge in [0.2, 0.25) is 11.7 Å². The molecule has 1 saturated carbocycles. The van der Waals surface area contributed by atoms with E-state index in [1.807, 2.05) is 19.1 Å². The van der Waals surface area contributed by atoms with Crippen molar-refractivity contribution in [2.24, 2.45) is 0 Å². The maximum Gasteiger partial charge on any atom is 0.258 e. The standard InChI is InChI=1S/C22H22ClN3O4/c1-13-9-15(10-17(23)20(13)29-8-7-27)21-25-22(30-26-21)16-11-18(14-5-3-4-6-14)24-19(12-16)28-2/h7,9-12,14H,3-6,8H2,1-2H3. The number of aromatic nitrogens is 3. The smallest absolute Gasteiger partial charge is 0.258 e. The van der Waals surface area contributed by atoms with Crippen LogP contribution in [0.4, 0.5) is 0 Å². The highest BCUT2D eigenvalue weighted by atomic mass is 35.5. The van der Waals surface area contributed by atoms with Crippen LogP contribution in [-0.4, -0.2) is 35.1 Å². The van der Waals surface area contributed by atoms with Crippen LogP contribution in [-0.2, 0) is 4.79 Å². The first-order chi connectivity index (χ1) is 14.6. The number of methoxy groups -OCH3 is 1. The Kier molecular flexibility index (Phi) is 5.99. The van der Waals surface area contributed by atoms with Crippen LogP contribution in [0.2, 0.25) is 5.02 Å². The first-order valence-corrected chi connectivity index (χ1v) is 10.2. The number of aldehydes is 1. The van der Waals surface area contributed by atoms with Gasteiger partial charge < -0.3 is 14.0 Å². The van der Waals surface area contributed by atoms with E-state index in [1.165, 1.54) is 12.8 Å². The molecule has 1 aliphatic carbocycles. The Balaban J connectivity index is 1.66. The quantitative estimate of drug-likeness (QED) is 0.490. The van der Waals surface area contributed by atoms with Gasteiger partial charge in [-0.3, -0.25) is 4.79 Å². The monoisotopic (exact) mass is 427 g/mol. The number of pyridine rings is 1. The zero-order valence-corrected chi connectivity index (χ0v) is 17.6. The fourth-order valence-electron chi connectivity index (χ4n) is 3.80. The van der Waals surface area contributed by atoms with Crippen LogP contribution in [0.1, 0.15) is 42.9 Å². The van der Waals surface area contributed by atoms with Crippen molar-refractivity contribution in [3.05, 3.63) is 40.5 Å². The van der Waals surface area contributed by atoms with Gasteiger partial charge in [0.15, 0.2) is 6.29 Å². The van der Waals surface area contributed by atoms with Crippen molar-refractivity contribution in [3.63, 3.8) is 0 Å². The lowest BCUT2D eigenvalue weighted by Gasteiger charge is -2.11. The Labute approximate surface area is 179 Å². The van der Waals surface area contributed by atoms with Crippen molar-refractivity contribution >= 4 is 17.9 Å². The maximum atomic E-state index is 10.6. The lowest BCUT2D eigenvalue weighted by molar-refractivity contribution is -0.109. The van der Waals surface area contributed by atoms with E-state index < -0.39 is 0 Å². The second-order valence-electron chi connectivity index (χ2n) is 7.31. The molecule has 8 heteroatoms. The molecule has 4 rings (SSSR count). The van der Waals surface area contributed by atoms with Gasteiger partial charge in [0.25, 0.3) is 5.89 Å². The SMILES string of the molecule is COc1cc(-c2nc(-c3cc(C)c(OCC=O)c(Cl)c3)no2)cc(C2CCCC2)n1. The van der Waals surface area contributed by atoms with Gasteiger partial charge in [-0.05, 0) is 43.5 Å². The fraction of sp³-hybridized carbons (Fsp3) is 0.364. The lowest BCUT2D eigenvalue weighted by Crippen LogP contribution is -2.00. The molecule has 0 bridgehead atoms. The Bertz CT molecular complexity index is 1040. The summed E-state index contributed by atoms with van der Waals surface area (Å²) in [5.41, 5.74) is 3.25. The average Bonchev–Trinajstić information content (AvgIpc) is 3.45. The molecule has 0 unspecified atom stereocenters. The molecular weight excluding hydrogens is 406 g/mol. The Hall–Kier alpha value is -2.93. The minimum atomic E-state index is -0.0561. The highest BCUT2D eigenvalue weighted by Gasteiger charge is 2.22. The number of hydrogen-bond acceptors (Lipinski definition) is 7. The molecule has 2 heterocycles. The van der Waals surface area contributed by atoms with Gasteiger partial charge in [0, 0.05) is 28.8 Å². The van der Waals surface area contributed by atoms with E-state index in [0.29, 0.717) is 46.1 Å². The topological polar surface area (TPSA) is 87.3 Å². The maximum absolute atomic E-state index is 10.6. The van der Waals surface area contributed by atoms with Crippen molar-refractivity contribution in [3.8, 4) is 34.5 Å². The van der Waals surface area contributed by atoms with Crippen molar-refractivity contribution in [2.45, 2.75) is 38.5 Å². The molecule has 7 nitrogen and oxygen atoms in total. The van der Waals surface area contributed by atoms with Crippen LogP contribution in [0.3, 0.4) is 0 Å². The molecule has 156 valence electrons. The minimum absolute atomic E-state index is 0.0561. The van der Waals surface area contributed by atoms with Gasteiger partial charge in [-0.15, -0.1) is 0 Å². The number of hydrogen-bond donors (Lipinski definition) is 0. The van der Waals surface area contributed by atoms with Crippen molar-refractivity contribution in [2.75, 3.05) is 13.7 Å². The first kappa shape index (κ1) is 20.3. The Morgan fingerprint density at radius 3 is 2.67 bits per heavy atom. The third kappa shape index (κ3) is 4.16. The molecule has 0 atom stereocenters. The number of halogens is 1. The third-order valence-corrected chi connectivity index (χ3v) is 5.54. The highest BCUT2D eigenvalue weighted by Crippen LogP contribution is 2.37. The van der Waals surface area contributed by atoms with Gasteiger partial charge >= 0.3 is 0 Å². The fourth-order valence-corrected chi connectivity index (χ4v) is 4.12. The summed E-state index contributed by atoms with van der Waals surface area (Å²) in [6.07, 6.45) is 5.38. The van der Waals surface area contributed by atoms with Gasteiger partial charge in [-0.25, -0.2) is 4.98 Å². The molecule has 0 aliphatic heterocycles. The number of benzene rings is 1. The summed E-state index contributed by atoms with van der Waals surface area (Å²) in [7, 11) is 1.60. The predicted molar refractivity (Wildman–Crippen MR) is 112 cm³/mol. The summed E-state index contributed by atoms with van der Waals surface area (Å²) in [5.74, 6) is 2.23. The number of aryl methyl sites for hydroxylation is 1. The summed E-state index contributed by atoms with van der Waals surface area (Å²) >= 11 is 6.33. The summed E-state index contributed by atoms with van der Waals surface area (Å²) in [6.45, 7) is 1.79. The average molecular weight is 428 g/mol. The summed E-state index contributed by atoms with van der Waals surface area (Å²) < 4.78 is 16.3. The Morgan fingerprint density at radius 1 is 1.17 bits per heavy atom. The van der Waals surface area contributed by atoms with Crippen LogP contribution in [0, 0.1) is 6.92 Å². The Morgan fingerprint density at radius 2 is 1.97 bits per heavy atom. The van der Waals surface area contributed by atoms with Crippen molar-refractivity contribution in [1.82, 2.24) is 15.1 Å². The summed E-state index contributed by atoms with van der Waals surface area (Å²) in [4.78, 5) is 19.7. The van der Waals surface area contributed by atoms with Crippen LogP contribution in [0.5, 0.6) is 11.6 Å². The van der Waals surface area contributed by atoms with Crippen LogP contribution in [0.15, 0.2) is 28.8 Å². The van der Waals surface area contributed by atoms with E-state index in [-0.39, 0.29) is 6.61 Å². The molecule has 0 saturated heterocycles. The minimum Gasteiger partial charge on any atom is -0.484 e. The molecule has 3 aromatic rings. The predicted octanol–water partition coefficient (Wildman–Crippen LogP) is 5.00. The van der Waals surface area contributed by atoms with E-state index >= 15 is 0 Å². The number of rotatable bonds is 7. The van der Waals surface area contributed by atoms with Gasteiger partial charge in [-0.2, -0.15) is 4.98 Å². The van der Waals surface area contributed by atoms with Crippen LogP contribution < -0.4 is 9.47 Å². The van der Waals surface area contributed by atoms with Crippen LogP contribution in [0.25, 0.3) is 22.8 Å². The number of carbonyl (C=O) groups excluding carboxylic acids is 1. The summed E-state index contributed by atoms with van der Waals surface area (Å²) in [6, 6.07) is 7.34. The molecular formula is C22H22ClN3O4. The number of ether oxygens (including phenoxy) is 2. The molecule has 2 aromatic heterocycles. The third-order valence-electron chi connectivity index (χ3n) is 5.26. The van der Waals surface area contributed by atoms with Crippen molar-refractivity contribution < 1.29 is 18.8 Å². The summed E-state index contributed by atoms with van der Waals surface area (Å²) in [5, 5.41) is 4.50. The van der Waals surface area contributed by atoms with Gasteiger partial charge in [0.1, 0.15) is 12.4 Å².